The van der Waals surface area contributed by atoms with Crippen molar-refractivity contribution in [3.05, 3.63) is 29.8 Å². The van der Waals surface area contributed by atoms with Gasteiger partial charge in [-0.3, -0.25) is 4.79 Å². The Balaban J connectivity index is 1.85. The van der Waals surface area contributed by atoms with Gasteiger partial charge >= 0.3 is 0 Å². The molecule has 0 radical (unpaired) electrons. The lowest BCUT2D eigenvalue weighted by molar-refractivity contribution is -0.125. The van der Waals surface area contributed by atoms with Crippen LogP contribution >= 0.6 is 0 Å². The molecule has 1 aliphatic carbocycles. The number of hydrazone groups is 1. The van der Waals surface area contributed by atoms with Crippen LogP contribution in [0.1, 0.15) is 37.7 Å². The molecule has 4 nitrogen and oxygen atoms in total. The molecule has 1 aromatic carbocycles. The molecule has 1 fully saturated rings. The van der Waals surface area contributed by atoms with E-state index >= 15 is 0 Å². The fraction of sp³-hybridized carbons (Fsp3) is 0.429. The smallest absolute Gasteiger partial charge is 0.243 e. The molecule has 0 saturated heterocycles. The van der Waals surface area contributed by atoms with Gasteiger partial charge in [0, 0.05) is 5.92 Å². The van der Waals surface area contributed by atoms with Gasteiger partial charge in [0.1, 0.15) is 5.75 Å². The molecular formula is C14H18N2O2. The van der Waals surface area contributed by atoms with Gasteiger partial charge < -0.3 is 5.11 Å². The minimum Gasteiger partial charge on any atom is -0.508 e. The summed E-state index contributed by atoms with van der Waals surface area (Å²) in [4.78, 5) is 11.8. The minimum atomic E-state index is 0.00565. The number of benzene rings is 1. The SMILES string of the molecule is O=C(N/N=C\c1cccc(O)c1)C1CCCCC1. The van der Waals surface area contributed by atoms with E-state index in [1.807, 2.05) is 6.07 Å². The maximum absolute atomic E-state index is 11.8. The summed E-state index contributed by atoms with van der Waals surface area (Å²) in [6.45, 7) is 0. The van der Waals surface area contributed by atoms with Gasteiger partial charge in [-0.2, -0.15) is 5.10 Å². The molecule has 0 spiro atoms. The molecule has 0 bridgehead atoms. The highest BCUT2D eigenvalue weighted by Gasteiger charge is 2.20. The van der Waals surface area contributed by atoms with E-state index in [-0.39, 0.29) is 17.6 Å². The number of hydrogen-bond acceptors (Lipinski definition) is 3. The van der Waals surface area contributed by atoms with Crippen LogP contribution in [0.2, 0.25) is 0 Å². The zero-order chi connectivity index (χ0) is 12.8. The van der Waals surface area contributed by atoms with Crippen molar-refractivity contribution in [2.75, 3.05) is 0 Å². The average molecular weight is 246 g/mol. The highest BCUT2D eigenvalue weighted by atomic mass is 16.3. The Morgan fingerprint density at radius 1 is 1.33 bits per heavy atom. The van der Waals surface area contributed by atoms with E-state index in [0.29, 0.717) is 0 Å². The van der Waals surface area contributed by atoms with Crippen LogP contribution in [0.5, 0.6) is 5.75 Å². The number of nitrogens with zero attached hydrogens (tertiary/aromatic N) is 1. The number of rotatable bonds is 3. The van der Waals surface area contributed by atoms with Crippen LogP contribution in [-0.4, -0.2) is 17.2 Å². The van der Waals surface area contributed by atoms with Crippen molar-refractivity contribution >= 4 is 12.1 Å². The molecule has 0 unspecified atom stereocenters. The van der Waals surface area contributed by atoms with Crippen molar-refractivity contribution in [3.8, 4) is 5.75 Å². The van der Waals surface area contributed by atoms with Crippen LogP contribution < -0.4 is 5.43 Å². The molecule has 1 amide bonds. The number of hydrogen-bond donors (Lipinski definition) is 2. The molecule has 1 aromatic rings. The van der Waals surface area contributed by atoms with Crippen LogP contribution in [0.3, 0.4) is 0 Å². The third-order valence-electron chi connectivity index (χ3n) is 3.23. The van der Waals surface area contributed by atoms with Gasteiger partial charge in [-0.15, -0.1) is 0 Å². The van der Waals surface area contributed by atoms with Crippen molar-refractivity contribution in [1.82, 2.24) is 5.43 Å². The molecule has 1 saturated carbocycles. The molecule has 4 heteroatoms. The number of phenolic OH excluding ortho intramolecular Hbond substituents is 1. The molecule has 96 valence electrons. The van der Waals surface area contributed by atoms with Gasteiger partial charge in [0.25, 0.3) is 0 Å². The normalized spacial score (nSPS) is 16.9. The Morgan fingerprint density at radius 3 is 2.83 bits per heavy atom. The standard InChI is InChI=1S/C14H18N2O2/c17-13-8-4-5-11(9-13)10-15-16-14(18)12-6-2-1-3-7-12/h4-5,8-10,12,17H,1-3,6-7H2,(H,16,18)/b15-10-. The topological polar surface area (TPSA) is 61.7 Å². The Hall–Kier alpha value is -1.84. The number of carbonyl (C=O) groups is 1. The highest BCUT2D eigenvalue weighted by molar-refractivity contribution is 5.83. The van der Waals surface area contributed by atoms with Crippen molar-refractivity contribution in [3.63, 3.8) is 0 Å². The third-order valence-corrected chi connectivity index (χ3v) is 3.23. The van der Waals surface area contributed by atoms with Crippen LogP contribution in [0.4, 0.5) is 0 Å². The molecule has 1 aliphatic rings. The monoisotopic (exact) mass is 246 g/mol. The lowest BCUT2D eigenvalue weighted by Crippen LogP contribution is -2.28. The maximum atomic E-state index is 11.8. The Morgan fingerprint density at radius 2 is 2.11 bits per heavy atom. The largest absolute Gasteiger partial charge is 0.508 e. The number of amides is 1. The van der Waals surface area contributed by atoms with Gasteiger partial charge in [0.05, 0.1) is 6.21 Å². The maximum Gasteiger partial charge on any atom is 0.243 e. The van der Waals surface area contributed by atoms with Gasteiger partial charge in [0.15, 0.2) is 0 Å². The summed E-state index contributed by atoms with van der Waals surface area (Å²) in [5.74, 6) is 0.309. The van der Waals surface area contributed by atoms with Gasteiger partial charge in [-0.05, 0) is 30.5 Å². The van der Waals surface area contributed by atoms with Crippen molar-refractivity contribution in [2.45, 2.75) is 32.1 Å². The van der Waals surface area contributed by atoms with Crippen molar-refractivity contribution in [2.24, 2.45) is 11.0 Å². The summed E-state index contributed by atoms with van der Waals surface area (Å²) < 4.78 is 0. The van der Waals surface area contributed by atoms with E-state index in [2.05, 4.69) is 10.5 Å². The third kappa shape index (κ3) is 3.58. The van der Waals surface area contributed by atoms with E-state index in [4.69, 9.17) is 0 Å². The number of phenols is 1. The van der Waals surface area contributed by atoms with E-state index in [0.717, 1.165) is 31.2 Å². The second kappa shape index (κ2) is 6.19. The molecule has 0 aromatic heterocycles. The molecular weight excluding hydrogens is 228 g/mol. The zero-order valence-corrected chi connectivity index (χ0v) is 10.3. The Bertz CT molecular complexity index is 437. The van der Waals surface area contributed by atoms with Crippen LogP contribution in [-0.2, 0) is 4.79 Å². The first-order chi connectivity index (χ1) is 8.75. The first kappa shape index (κ1) is 12.6. The summed E-state index contributed by atoms with van der Waals surface area (Å²) in [6, 6.07) is 6.74. The lowest BCUT2D eigenvalue weighted by atomic mass is 9.89. The Labute approximate surface area is 107 Å². The fourth-order valence-electron chi connectivity index (χ4n) is 2.23. The fourth-order valence-corrected chi connectivity index (χ4v) is 2.23. The van der Waals surface area contributed by atoms with Gasteiger partial charge in [0.2, 0.25) is 5.91 Å². The summed E-state index contributed by atoms with van der Waals surface area (Å²) in [5.41, 5.74) is 3.33. The lowest BCUT2D eigenvalue weighted by Gasteiger charge is -2.19. The molecule has 0 heterocycles. The molecule has 0 aliphatic heterocycles. The van der Waals surface area contributed by atoms with Crippen molar-refractivity contribution < 1.29 is 9.90 Å². The average Bonchev–Trinajstić information content (AvgIpc) is 2.40. The number of aromatic hydroxyl groups is 1. The highest BCUT2D eigenvalue weighted by Crippen LogP contribution is 2.23. The van der Waals surface area contributed by atoms with E-state index in [9.17, 15) is 9.90 Å². The first-order valence-corrected chi connectivity index (χ1v) is 6.37. The van der Waals surface area contributed by atoms with Gasteiger partial charge in [-0.25, -0.2) is 5.43 Å². The second-order valence-corrected chi connectivity index (χ2v) is 4.66. The second-order valence-electron chi connectivity index (χ2n) is 4.66. The Kier molecular flexibility index (Phi) is 4.34. The zero-order valence-electron chi connectivity index (χ0n) is 10.3. The first-order valence-electron chi connectivity index (χ1n) is 6.37. The van der Waals surface area contributed by atoms with Crippen molar-refractivity contribution in [1.29, 1.82) is 0 Å². The quantitative estimate of drug-likeness (QED) is 0.635. The van der Waals surface area contributed by atoms with E-state index in [1.54, 1.807) is 24.4 Å². The predicted molar refractivity (Wildman–Crippen MR) is 70.4 cm³/mol. The number of nitrogens with one attached hydrogen (secondary N) is 1. The van der Waals surface area contributed by atoms with E-state index in [1.165, 1.54) is 6.42 Å². The summed E-state index contributed by atoms with van der Waals surface area (Å²) >= 11 is 0. The predicted octanol–water partition coefficient (Wildman–Crippen LogP) is 2.42. The summed E-state index contributed by atoms with van der Waals surface area (Å²) in [5, 5.41) is 13.2. The molecule has 2 rings (SSSR count). The minimum absolute atomic E-state index is 0.00565. The van der Waals surface area contributed by atoms with Crippen LogP contribution in [0.15, 0.2) is 29.4 Å². The van der Waals surface area contributed by atoms with Gasteiger partial charge in [-0.1, -0.05) is 31.4 Å². The molecule has 2 N–H and O–H groups in total. The molecule has 0 atom stereocenters. The summed E-state index contributed by atoms with van der Waals surface area (Å²) in [6.07, 6.45) is 6.97. The summed E-state index contributed by atoms with van der Waals surface area (Å²) in [7, 11) is 0. The van der Waals surface area contributed by atoms with E-state index < -0.39 is 0 Å². The van der Waals surface area contributed by atoms with Crippen LogP contribution in [0.25, 0.3) is 0 Å². The number of carbonyl (C=O) groups excluding carboxylic acids is 1. The molecule has 18 heavy (non-hydrogen) atoms. The van der Waals surface area contributed by atoms with Crippen LogP contribution in [0, 0.1) is 5.92 Å².